The zero-order valence-electron chi connectivity index (χ0n) is 18.1. The van der Waals surface area contributed by atoms with Crippen molar-refractivity contribution in [2.75, 3.05) is 19.8 Å². The van der Waals surface area contributed by atoms with Crippen LogP contribution in [-0.2, 0) is 4.74 Å². The van der Waals surface area contributed by atoms with Gasteiger partial charge in [0.05, 0.1) is 18.8 Å². The molecule has 2 aromatic carbocycles. The Kier molecular flexibility index (Phi) is 5.57. The standard InChI is InChI=1S/C25H27N3O4/c1-2-13-31-17-11-9-16(10-12-17)24-21-22(19-7-3-4-8-20(19)29)26-27-23(21)25(30)28(24)15-18-6-5-14-32-18/h3-4,7-12,18,24,29H,2,5-6,13-15H2,1H3,(H,26,27)/t18-,24-/m1/s1. The fourth-order valence-electron chi connectivity index (χ4n) is 4.58. The van der Waals surface area contributed by atoms with Crippen molar-refractivity contribution in [3.8, 4) is 22.8 Å². The fourth-order valence-corrected chi connectivity index (χ4v) is 4.58. The molecule has 3 aromatic rings. The quantitative estimate of drug-likeness (QED) is 0.580. The first-order valence-corrected chi connectivity index (χ1v) is 11.2. The van der Waals surface area contributed by atoms with Crippen LogP contribution in [0.25, 0.3) is 11.3 Å². The van der Waals surface area contributed by atoms with E-state index in [1.807, 2.05) is 41.3 Å². The highest BCUT2D eigenvalue weighted by Crippen LogP contribution is 2.45. The molecule has 0 bridgehead atoms. The van der Waals surface area contributed by atoms with Crippen LogP contribution in [0.3, 0.4) is 0 Å². The zero-order chi connectivity index (χ0) is 22.1. The number of carbonyl (C=O) groups excluding carboxylic acids is 1. The number of nitrogens with one attached hydrogen (secondary N) is 1. The minimum atomic E-state index is -0.324. The normalized spacial score (nSPS) is 20.0. The van der Waals surface area contributed by atoms with Crippen molar-refractivity contribution in [1.82, 2.24) is 15.1 Å². The zero-order valence-corrected chi connectivity index (χ0v) is 18.1. The van der Waals surface area contributed by atoms with Crippen LogP contribution in [0, 0.1) is 0 Å². The van der Waals surface area contributed by atoms with E-state index in [9.17, 15) is 9.90 Å². The highest BCUT2D eigenvalue weighted by atomic mass is 16.5. The molecule has 5 rings (SSSR count). The van der Waals surface area contributed by atoms with Crippen molar-refractivity contribution in [2.24, 2.45) is 0 Å². The van der Waals surface area contributed by atoms with E-state index in [4.69, 9.17) is 9.47 Å². The van der Waals surface area contributed by atoms with Gasteiger partial charge in [0.15, 0.2) is 0 Å². The average Bonchev–Trinajstić information content (AvgIpc) is 3.53. The number of amides is 1. The molecule has 0 spiro atoms. The summed E-state index contributed by atoms with van der Waals surface area (Å²) in [5, 5.41) is 17.8. The van der Waals surface area contributed by atoms with E-state index in [2.05, 4.69) is 17.1 Å². The number of fused-ring (bicyclic) bond motifs is 1. The van der Waals surface area contributed by atoms with Crippen LogP contribution < -0.4 is 4.74 Å². The molecule has 7 heteroatoms. The molecule has 7 nitrogen and oxygen atoms in total. The summed E-state index contributed by atoms with van der Waals surface area (Å²) in [5.41, 5.74) is 3.42. The second-order valence-corrected chi connectivity index (χ2v) is 8.29. The van der Waals surface area contributed by atoms with E-state index in [-0.39, 0.29) is 23.8 Å². The van der Waals surface area contributed by atoms with Crippen molar-refractivity contribution in [1.29, 1.82) is 0 Å². The number of aromatic hydroxyl groups is 1. The van der Waals surface area contributed by atoms with Gasteiger partial charge in [-0.3, -0.25) is 9.89 Å². The lowest BCUT2D eigenvalue weighted by Gasteiger charge is -2.28. The number of hydrogen-bond acceptors (Lipinski definition) is 5. The van der Waals surface area contributed by atoms with Crippen molar-refractivity contribution in [3.05, 3.63) is 65.4 Å². The van der Waals surface area contributed by atoms with Crippen molar-refractivity contribution >= 4 is 5.91 Å². The second-order valence-electron chi connectivity index (χ2n) is 8.29. The monoisotopic (exact) mass is 433 g/mol. The number of phenols is 1. The predicted molar refractivity (Wildman–Crippen MR) is 120 cm³/mol. The summed E-state index contributed by atoms with van der Waals surface area (Å²) >= 11 is 0. The van der Waals surface area contributed by atoms with Crippen LogP contribution in [-0.4, -0.2) is 52.0 Å². The van der Waals surface area contributed by atoms with Crippen LogP contribution in [0.5, 0.6) is 11.5 Å². The molecule has 1 aromatic heterocycles. The minimum absolute atomic E-state index is 0.0270. The molecule has 166 valence electrons. The summed E-state index contributed by atoms with van der Waals surface area (Å²) < 4.78 is 11.6. The number of rotatable bonds is 7. The number of carbonyl (C=O) groups is 1. The minimum Gasteiger partial charge on any atom is -0.507 e. The van der Waals surface area contributed by atoms with Crippen LogP contribution >= 0.6 is 0 Å². The van der Waals surface area contributed by atoms with E-state index < -0.39 is 0 Å². The van der Waals surface area contributed by atoms with E-state index >= 15 is 0 Å². The number of H-pyrrole nitrogens is 1. The van der Waals surface area contributed by atoms with Gasteiger partial charge >= 0.3 is 0 Å². The number of ether oxygens (including phenoxy) is 2. The molecule has 0 radical (unpaired) electrons. The Hall–Kier alpha value is -3.32. The Morgan fingerprint density at radius 1 is 1.22 bits per heavy atom. The summed E-state index contributed by atoms with van der Waals surface area (Å²) in [6, 6.07) is 14.6. The lowest BCUT2D eigenvalue weighted by molar-refractivity contribution is 0.0495. The molecule has 2 atom stereocenters. The van der Waals surface area contributed by atoms with E-state index in [1.165, 1.54) is 0 Å². The molecule has 2 N–H and O–H groups in total. The third-order valence-electron chi connectivity index (χ3n) is 6.12. The van der Waals surface area contributed by atoms with Crippen molar-refractivity contribution < 1.29 is 19.4 Å². The molecule has 1 fully saturated rings. The number of nitrogens with zero attached hydrogens (tertiary/aromatic N) is 2. The molecule has 0 unspecified atom stereocenters. The van der Waals surface area contributed by atoms with Gasteiger partial charge in [-0.1, -0.05) is 31.2 Å². The van der Waals surface area contributed by atoms with Gasteiger partial charge in [-0.2, -0.15) is 5.10 Å². The van der Waals surface area contributed by atoms with Crippen molar-refractivity contribution in [3.63, 3.8) is 0 Å². The number of para-hydroxylation sites is 1. The van der Waals surface area contributed by atoms with Gasteiger partial charge in [-0.15, -0.1) is 0 Å². The smallest absolute Gasteiger partial charge is 0.273 e. The Balaban J connectivity index is 1.57. The summed E-state index contributed by atoms with van der Waals surface area (Å²) in [7, 11) is 0. The molecule has 1 saturated heterocycles. The largest absolute Gasteiger partial charge is 0.507 e. The Bertz CT molecular complexity index is 1100. The molecular formula is C25H27N3O4. The van der Waals surface area contributed by atoms with E-state index in [1.54, 1.807) is 12.1 Å². The van der Waals surface area contributed by atoms with Gasteiger partial charge < -0.3 is 19.5 Å². The molecular weight excluding hydrogens is 406 g/mol. The van der Waals surface area contributed by atoms with Gasteiger partial charge in [0.25, 0.3) is 5.91 Å². The lowest BCUT2D eigenvalue weighted by Crippen LogP contribution is -2.36. The van der Waals surface area contributed by atoms with Crippen molar-refractivity contribution in [2.45, 2.75) is 38.3 Å². The number of aromatic amines is 1. The molecule has 0 saturated carbocycles. The van der Waals surface area contributed by atoms with E-state index in [0.29, 0.717) is 30.1 Å². The summed E-state index contributed by atoms with van der Waals surface area (Å²) in [4.78, 5) is 15.3. The first kappa shape index (κ1) is 20.6. The molecule has 32 heavy (non-hydrogen) atoms. The predicted octanol–water partition coefficient (Wildman–Crippen LogP) is 4.30. The first-order valence-electron chi connectivity index (χ1n) is 11.2. The second kappa shape index (κ2) is 8.67. The van der Waals surface area contributed by atoms with Crippen LogP contribution in [0.15, 0.2) is 48.5 Å². The Morgan fingerprint density at radius 3 is 2.75 bits per heavy atom. The van der Waals surface area contributed by atoms with Gasteiger partial charge in [0.2, 0.25) is 0 Å². The number of hydrogen-bond donors (Lipinski definition) is 2. The average molecular weight is 434 g/mol. The maximum absolute atomic E-state index is 13.4. The Morgan fingerprint density at radius 2 is 2.03 bits per heavy atom. The third-order valence-corrected chi connectivity index (χ3v) is 6.12. The Labute approximate surface area is 187 Å². The molecule has 2 aliphatic heterocycles. The molecule has 3 heterocycles. The number of benzene rings is 2. The van der Waals surface area contributed by atoms with Gasteiger partial charge in [-0.25, -0.2) is 0 Å². The maximum atomic E-state index is 13.4. The summed E-state index contributed by atoms with van der Waals surface area (Å²) in [6.07, 6.45) is 2.92. The number of phenolic OH excluding ortho intramolecular Hbond substituents is 1. The SMILES string of the molecule is CCCOc1ccc([C@@H]2c3c(-c4ccccc4O)n[nH]c3C(=O)N2C[C@H]2CCCO2)cc1. The first-order chi connectivity index (χ1) is 15.7. The molecule has 2 aliphatic rings. The van der Waals surface area contributed by atoms with Gasteiger partial charge in [0, 0.05) is 24.3 Å². The van der Waals surface area contributed by atoms with Crippen LogP contribution in [0.2, 0.25) is 0 Å². The van der Waals surface area contributed by atoms with Gasteiger partial charge in [-0.05, 0) is 49.1 Å². The van der Waals surface area contributed by atoms with Crippen LogP contribution in [0.1, 0.15) is 53.8 Å². The highest BCUT2D eigenvalue weighted by Gasteiger charge is 2.43. The van der Waals surface area contributed by atoms with E-state index in [0.717, 1.165) is 42.7 Å². The topological polar surface area (TPSA) is 87.7 Å². The lowest BCUT2D eigenvalue weighted by atomic mass is 9.95. The number of aromatic nitrogens is 2. The molecule has 0 aliphatic carbocycles. The fraction of sp³-hybridized carbons (Fsp3) is 0.360. The highest BCUT2D eigenvalue weighted by molar-refractivity contribution is 6.00. The summed E-state index contributed by atoms with van der Waals surface area (Å²) in [6.45, 7) is 3.98. The van der Waals surface area contributed by atoms with Crippen LogP contribution in [0.4, 0.5) is 0 Å². The molecule has 1 amide bonds. The maximum Gasteiger partial charge on any atom is 0.273 e. The summed E-state index contributed by atoms with van der Waals surface area (Å²) in [5.74, 6) is 0.841. The third kappa shape index (κ3) is 3.62. The van der Waals surface area contributed by atoms with Gasteiger partial charge in [0.1, 0.15) is 22.9 Å².